The highest BCUT2D eigenvalue weighted by atomic mass is 16.5. The molecule has 0 aliphatic heterocycles. The minimum absolute atomic E-state index is 0.368. The molecule has 0 heterocycles. The van der Waals surface area contributed by atoms with Gasteiger partial charge in [0.25, 0.3) is 0 Å². The molecule has 1 aromatic rings. The second kappa shape index (κ2) is 6.25. The zero-order chi connectivity index (χ0) is 11.1. The van der Waals surface area contributed by atoms with Gasteiger partial charge >= 0.3 is 0 Å². The molecule has 0 fully saturated rings. The second-order valence-corrected chi connectivity index (χ2v) is 3.47. The van der Waals surface area contributed by atoms with E-state index in [1.807, 2.05) is 25.1 Å². The van der Waals surface area contributed by atoms with E-state index in [0.29, 0.717) is 6.04 Å². The van der Waals surface area contributed by atoms with Crippen LogP contribution in [-0.4, -0.2) is 13.7 Å². The van der Waals surface area contributed by atoms with E-state index in [-0.39, 0.29) is 0 Å². The Morgan fingerprint density at radius 2 is 2.00 bits per heavy atom. The average Bonchev–Trinajstić information content (AvgIpc) is 2.29. The Kier molecular flexibility index (Phi) is 4.91. The number of rotatable bonds is 5. The van der Waals surface area contributed by atoms with Gasteiger partial charge in [0.15, 0.2) is 0 Å². The first kappa shape index (κ1) is 11.8. The summed E-state index contributed by atoms with van der Waals surface area (Å²) < 4.78 is 5.12. The first-order valence-corrected chi connectivity index (χ1v) is 5.26. The van der Waals surface area contributed by atoms with E-state index >= 15 is 0 Å². The predicted molar refractivity (Wildman–Crippen MR) is 64.2 cm³/mol. The van der Waals surface area contributed by atoms with E-state index in [0.717, 1.165) is 12.3 Å². The molecule has 1 N–H and O–H groups in total. The molecule has 1 rings (SSSR count). The maximum Gasteiger partial charge on any atom is 0.118 e. The lowest BCUT2D eigenvalue weighted by Gasteiger charge is -2.13. The van der Waals surface area contributed by atoms with Crippen molar-refractivity contribution in [1.29, 1.82) is 0 Å². The molecule has 0 saturated heterocycles. The van der Waals surface area contributed by atoms with Crippen molar-refractivity contribution in [3.63, 3.8) is 0 Å². The van der Waals surface area contributed by atoms with Gasteiger partial charge in [0.1, 0.15) is 5.75 Å². The lowest BCUT2D eigenvalue weighted by atomic mass is 10.1. The third-order valence-corrected chi connectivity index (χ3v) is 2.39. The molecule has 1 aromatic carbocycles. The lowest BCUT2D eigenvalue weighted by molar-refractivity contribution is 0.414. The molecular weight excluding hydrogens is 186 g/mol. The van der Waals surface area contributed by atoms with Gasteiger partial charge in [-0.15, -0.1) is 0 Å². The Morgan fingerprint density at radius 3 is 2.53 bits per heavy atom. The number of hydrogen-bond acceptors (Lipinski definition) is 2. The Labute approximate surface area is 92.0 Å². The van der Waals surface area contributed by atoms with Gasteiger partial charge in [0.2, 0.25) is 0 Å². The van der Waals surface area contributed by atoms with Crippen molar-refractivity contribution in [2.75, 3.05) is 13.7 Å². The molecule has 0 amide bonds. The van der Waals surface area contributed by atoms with Crippen LogP contribution in [0.3, 0.4) is 0 Å². The first-order chi connectivity index (χ1) is 7.27. The summed E-state index contributed by atoms with van der Waals surface area (Å²) in [4.78, 5) is 0. The van der Waals surface area contributed by atoms with Gasteiger partial charge in [-0.05, 0) is 31.5 Å². The fourth-order valence-electron chi connectivity index (χ4n) is 1.37. The van der Waals surface area contributed by atoms with Crippen LogP contribution in [0.1, 0.15) is 25.5 Å². The zero-order valence-electron chi connectivity index (χ0n) is 9.66. The standard InChI is InChI=1S/C13H19NO/c1-4-5-10-14-11(2)12-6-8-13(15-3)9-7-12/h4-9,11,14H,10H2,1-3H3/b5-4+/t11-/m0/s1. The van der Waals surface area contributed by atoms with Crippen LogP contribution in [0.25, 0.3) is 0 Å². The average molecular weight is 205 g/mol. The highest BCUT2D eigenvalue weighted by Gasteiger charge is 2.02. The minimum Gasteiger partial charge on any atom is -0.497 e. The number of allylic oxidation sites excluding steroid dienone is 1. The van der Waals surface area contributed by atoms with Crippen molar-refractivity contribution in [2.45, 2.75) is 19.9 Å². The largest absolute Gasteiger partial charge is 0.497 e. The topological polar surface area (TPSA) is 21.3 Å². The molecule has 15 heavy (non-hydrogen) atoms. The molecule has 0 aliphatic carbocycles. The number of nitrogens with one attached hydrogen (secondary N) is 1. The van der Waals surface area contributed by atoms with E-state index in [4.69, 9.17) is 4.74 Å². The van der Waals surface area contributed by atoms with Gasteiger partial charge in [-0.1, -0.05) is 24.3 Å². The molecule has 0 bridgehead atoms. The molecule has 1 atom stereocenters. The van der Waals surface area contributed by atoms with Crippen molar-refractivity contribution >= 4 is 0 Å². The summed E-state index contributed by atoms with van der Waals surface area (Å²) in [7, 11) is 1.68. The predicted octanol–water partition coefficient (Wildman–Crippen LogP) is 2.92. The summed E-state index contributed by atoms with van der Waals surface area (Å²) in [6, 6.07) is 8.53. The first-order valence-electron chi connectivity index (χ1n) is 5.26. The molecule has 0 spiro atoms. The van der Waals surface area contributed by atoms with Gasteiger partial charge in [-0.25, -0.2) is 0 Å². The van der Waals surface area contributed by atoms with Gasteiger partial charge in [-0.3, -0.25) is 0 Å². The highest BCUT2D eigenvalue weighted by molar-refractivity contribution is 5.28. The molecule has 0 saturated carbocycles. The summed E-state index contributed by atoms with van der Waals surface area (Å²) in [5.41, 5.74) is 1.28. The quantitative estimate of drug-likeness (QED) is 0.746. The summed E-state index contributed by atoms with van der Waals surface area (Å²) in [6.45, 7) is 5.09. The zero-order valence-corrected chi connectivity index (χ0v) is 9.66. The monoisotopic (exact) mass is 205 g/mol. The molecule has 0 radical (unpaired) electrons. The molecular formula is C13H19NO. The van der Waals surface area contributed by atoms with Crippen LogP contribution in [0.4, 0.5) is 0 Å². The molecule has 0 unspecified atom stereocenters. The molecule has 2 heteroatoms. The highest BCUT2D eigenvalue weighted by Crippen LogP contribution is 2.16. The number of ether oxygens (including phenoxy) is 1. The van der Waals surface area contributed by atoms with E-state index in [1.165, 1.54) is 5.56 Å². The van der Waals surface area contributed by atoms with Crippen molar-refractivity contribution < 1.29 is 4.74 Å². The number of benzene rings is 1. The van der Waals surface area contributed by atoms with E-state index < -0.39 is 0 Å². The minimum atomic E-state index is 0.368. The normalized spacial score (nSPS) is 13.0. The van der Waals surface area contributed by atoms with Crippen LogP contribution < -0.4 is 10.1 Å². The Hall–Kier alpha value is -1.28. The maximum absolute atomic E-state index is 5.12. The van der Waals surface area contributed by atoms with Crippen molar-refractivity contribution in [2.24, 2.45) is 0 Å². The van der Waals surface area contributed by atoms with Crippen LogP contribution in [0.5, 0.6) is 5.75 Å². The van der Waals surface area contributed by atoms with Crippen molar-refractivity contribution in [3.05, 3.63) is 42.0 Å². The molecule has 0 aromatic heterocycles. The number of methoxy groups -OCH3 is 1. The van der Waals surface area contributed by atoms with E-state index in [2.05, 4.69) is 30.4 Å². The van der Waals surface area contributed by atoms with Gasteiger partial charge < -0.3 is 10.1 Å². The van der Waals surface area contributed by atoms with Crippen LogP contribution in [0, 0.1) is 0 Å². The van der Waals surface area contributed by atoms with Gasteiger partial charge in [-0.2, -0.15) is 0 Å². The third kappa shape index (κ3) is 3.76. The Morgan fingerprint density at radius 1 is 1.33 bits per heavy atom. The Bertz CT molecular complexity index is 303. The van der Waals surface area contributed by atoms with Crippen LogP contribution >= 0.6 is 0 Å². The van der Waals surface area contributed by atoms with Crippen LogP contribution in [0.15, 0.2) is 36.4 Å². The van der Waals surface area contributed by atoms with Crippen molar-refractivity contribution in [1.82, 2.24) is 5.32 Å². The molecule has 2 nitrogen and oxygen atoms in total. The summed E-state index contributed by atoms with van der Waals surface area (Å²) in [6.07, 6.45) is 4.16. The fourth-order valence-corrected chi connectivity index (χ4v) is 1.37. The third-order valence-electron chi connectivity index (χ3n) is 2.39. The van der Waals surface area contributed by atoms with Crippen molar-refractivity contribution in [3.8, 4) is 5.75 Å². The molecule has 0 aliphatic rings. The summed E-state index contributed by atoms with van der Waals surface area (Å²) in [5.74, 6) is 0.902. The lowest BCUT2D eigenvalue weighted by Crippen LogP contribution is -2.18. The van der Waals surface area contributed by atoms with Gasteiger partial charge in [0, 0.05) is 12.6 Å². The summed E-state index contributed by atoms with van der Waals surface area (Å²) >= 11 is 0. The number of hydrogen-bond donors (Lipinski definition) is 1. The van der Waals surface area contributed by atoms with Crippen LogP contribution in [-0.2, 0) is 0 Å². The van der Waals surface area contributed by atoms with Crippen LogP contribution in [0.2, 0.25) is 0 Å². The maximum atomic E-state index is 5.12. The Balaban J connectivity index is 2.53. The van der Waals surface area contributed by atoms with E-state index in [9.17, 15) is 0 Å². The smallest absolute Gasteiger partial charge is 0.118 e. The second-order valence-electron chi connectivity index (χ2n) is 3.47. The van der Waals surface area contributed by atoms with E-state index in [1.54, 1.807) is 7.11 Å². The summed E-state index contributed by atoms with van der Waals surface area (Å²) in [5, 5.41) is 3.41. The van der Waals surface area contributed by atoms with Gasteiger partial charge in [0.05, 0.1) is 7.11 Å². The molecule has 82 valence electrons. The SMILES string of the molecule is C/C=C/CN[C@@H](C)c1ccc(OC)cc1. The fraction of sp³-hybridized carbons (Fsp3) is 0.385.